The first-order chi connectivity index (χ1) is 12.8. The Morgan fingerprint density at radius 2 is 1.93 bits per heavy atom. The van der Waals surface area contributed by atoms with Crippen molar-refractivity contribution in [2.75, 3.05) is 26.7 Å². The first-order valence-corrected chi connectivity index (χ1v) is 10.3. The Labute approximate surface area is 159 Å². The van der Waals surface area contributed by atoms with Gasteiger partial charge in [-0.15, -0.1) is 0 Å². The van der Waals surface area contributed by atoms with E-state index in [1.807, 2.05) is 6.92 Å². The predicted molar refractivity (Wildman–Crippen MR) is 101 cm³/mol. The van der Waals surface area contributed by atoms with Crippen molar-refractivity contribution in [3.05, 3.63) is 34.4 Å². The van der Waals surface area contributed by atoms with Gasteiger partial charge < -0.3 is 10.1 Å². The van der Waals surface area contributed by atoms with Crippen LogP contribution in [0.5, 0.6) is 0 Å². The zero-order valence-electron chi connectivity index (χ0n) is 15.7. The van der Waals surface area contributed by atoms with Gasteiger partial charge in [0.05, 0.1) is 11.5 Å². The molecule has 0 unspecified atom stereocenters. The van der Waals surface area contributed by atoms with Crippen LogP contribution in [0, 0.1) is 10.1 Å². The summed E-state index contributed by atoms with van der Waals surface area (Å²) in [7, 11) is -2.53. The van der Waals surface area contributed by atoms with Crippen molar-refractivity contribution in [1.29, 1.82) is 0 Å². The molecule has 1 rings (SSSR count). The van der Waals surface area contributed by atoms with Crippen LogP contribution in [0.2, 0.25) is 0 Å². The van der Waals surface area contributed by atoms with Crippen LogP contribution in [-0.4, -0.2) is 50.5 Å². The summed E-state index contributed by atoms with van der Waals surface area (Å²) in [6, 6.07) is 5.29. The zero-order chi connectivity index (χ0) is 20.3. The molecule has 1 aromatic carbocycles. The van der Waals surface area contributed by atoms with E-state index < -0.39 is 26.7 Å². The van der Waals surface area contributed by atoms with E-state index >= 15 is 0 Å². The number of nitro benzene ring substituents is 1. The molecule has 0 radical (unpaired) electrons. The number of hydrogen-bond acceptors (Lipinski definition) is 6. The topological polar surface area (TPSA) is 119 Å². The molecule has 0 aliphatic carbocycles. The molecule has 152 valence electrons. The van der Waals surface area contributed by atoms with E-state index in [1.54, 1.807) is 0 Å². The molecule has 9 nitrogen and oxygen atoms in total. The highest BCUT2D eigenvalue weighted by Crippen LogP contribution is 2.25. The SMILES string of the molecule is CCCCOC(=O)NCCCCCN(C)S(=O)(=O)c1ccccc1[N+](=O)[O-]. The molecule has 0 aliphatic rings. The maximum atomic E-state index is 12.5. The molecule has 0 aliphatic heterocycles. The lowest BCUT2D eigenvalue weighted by molar-refractivity contribution is -0.387. The van der Waals surface area contributed by atoms with E-state index in [2.05, 4.69) is 5.32 Å². The number of alkyl carbamates (subject to hydrolysis) is 1. The van der Waals surface area contributed by atoms with Gasteiger partial charge in [0, 0.05) is 26.2 Å². The fourth-order valence-electron chi connectivity index (χ4n) is 2.30. The first kappa shape index (κ1) is 22.8. The predicted octanol–water partition coefficient (Wildman–Crippen LogP) is 2.91. The molecule has 0 heterocycles. The minimum absolute atomic E-state index is 0.231. The molecule has 0 saturated heterocycles. The van der Waals surface area contributed by atoms with Crippen LogP contribution >= 0.6 is 0 Å². The summed E-state index contributed by atoms with van der Waals surface area (Å²) in [5.74, 6) is 0. The maximum absolute atomic E-state index is 12.5. The van der Waals surface area contributed by atoms with Crippen LogP contribution in [0.4, 0.5) is 10.5 Å². The fraction of sp³-hybridized carbons (Fsp3) is 0.588. The van der Waals surface area contributed by atoms with Crippen LogP contribution in [0.25, 0.3) is 0 Å². The number of hydrogen-bond donors (Lipinski definition) is 1. The number of sulfonamides is 1. The lowest BCUT2D eigenvalue weighted by atomic mass is 10.2. The highest BCUT2D eigenvalue weighted by molar-refractivity contribution is 7.89. The highest BCUT2D eigenvalue weighted by atomic mass is 32.2. The van der Waals surface area contributed by atoms with Crippen molar-refractivity contribution in [2.45, 2.75) is 43.9 Å². The molecule has 0 aromatic heterocycles. The van der Waals surface area contributed by atoms with Gasteiger partial charge in [-0.3, -0.25) is 10.1 Å². The van der Waals surface area contributed by atoms with E-state index in [-0.39, 0.29) is 11.4 Å². The van der Waals surface area contributed by atoms with E-state index in [4.69, 9.17) is 4.74 Å². The third-order valence-corrected chi connectivity index (χ3v) is 5.80. The number of ether oxygens (including phenoxy) is 1. The number of rotatable bonds is 12. The summed E-state index contributed by atoms with van der Waals surface area (Å²) in [6.45, 7) is 3.09. The molecule has 0 fully saturated rings. The average Bonchev–Trinajstić information content (AvgIpc) is 2.64. The van der Waals surface area contributed by atoms with Crippen molar-refractivity contribution in [3.8, 4) is 0 Å². The number of carbonyl (C=O) groups excluding carboxylic acids is 1. The highest BCUT2D eigenvalue weighted by Gasteiger charge is 2.28. The number of nitro groups is 1. The normalized spacial score (nSPS) is 11.4. The molecular weight excluding hydrogens is 374 g/mol. The van der Waals surface area contributed by atoms with E-state index in [1.165, 1.54) is 31.3 Å². The molecule has 0 saturated carbocycles. The quantitative estimate of drug-likeness (QED) is 0.327. The Morgan fingerprint density at radius 3 is 2.59 bits per heavy atom. The summed E-state index contributed by atoms with van der Waals surface area (Å²) in [4.78, 5) is 21.4. The Balaban J connectivity index is 2.39. The van der Waals surface area contributed by atoms with Crippen LogP contribution < -0.4 is 5.32 Å². The van der Waals surface area contributed by atoms with Gasteiger partial charge in [-0.05, 0) is 25.3 Å². The van der Waals surface area contributed by atoms with Crippen LogP contribution in [0.3, 0.4) is 0 Å². The lowest BCUT2D eigenvalue weighted by Crippen LogP contribution is -2.29. The average molecular weight is 401 g/mol. The van der Waals surface area contributed by atoms with Crippen molar-refractivity contribution in [2.24, 2.45) is 0 Å². The molecule has 1 N–H and O–H groups in total. The second-order valence-electron chi connectivity index (χ2n) is 6.03. The van der Waals surface area contributed by atoms with E-state index in [0.717, 1.165) is 17.1 Å². The number of benzene rings is 1. The fourth-order valence-corrected chi connectivity index (χ4v) is 3.66. The number of carbonyl (C=O) groups is 1. The smallest absolute Gasteiger partial charge is 0.407 e. The molecular formula is C17H27N3O6S. The molecule has 1 aromatic rings. The van der Waals surface area contributed by atoms with Crippen LogP contribution in [-0.2, 0) is 14.8 Å². The molecule has 0 spiro atoms. The van der Waals surface area contributed by atoms with Gasteiger partial charge in [0.25, 0.3) is 5.69 Å². The number of amides is 1. The van der Waals surface area contributed by atoms with Crippen LogP contribution in [0.1, 0.15) is 39.0 Å². The minimum Gasteiger partial charge on any atom is -0.450 e. The second-order valence-corrected chi connectivity index (χ2v) is 8.04. The third-order valence-electron chi connectivity index (χ3n) is 3.90. The molecule has 0 atom stereocenters. The Morgan fingerprint density at radius 1 is 1.22 bits per heavy atom. The maximum Gasteiger partial charge on any atom is 0.407 e. The molecule has 10 heteroatoms. The van der Waals surface area contributed by atoms with Gasteiger partial charge in [0.2, 0.25) is 10.0 Å². The van der Waals surface area contributed by atoms with Crippen molar-refractivity contribution in [3.63, 3.8) is 0 Å². The molecule has 1 amide bonds. The van der Waals surface area contributed by atoms with Crippen LogP contribution in [0.15, 0.2) is 29.2 Å². The summed E-state index contributed by atoms with van der Waals surface area (Å²) in [6.07, 6.45) is 3.29. The zero-order valence-corrected chi connectivity index (χ0v) is 16.5. The Bertz CT molecular complexity index is 723. The number of unbranched alkanes of at least 4 members (excludes halogenated alkanes) is 3. The molecule has 27 heavy (non-hydrogen) atoms. The standard InChI is InChI=1S/C17H27N3O6S/c1-3-4-14-26-17(21)18-12-8-5-9-13-19(2)27(24,25)16-11-7-6-10-15(16)20(22)23/h6-7,10-11H,3-5,8-9,12-14H2,1-2H3,(H,18,21). The van der Waals surface area contributed by atoms with Gasteiger partial charge in [0.15, 0.2) is 4.90 Å². The largest absolute Gasteiger partial charge is 0.450 e. The van der Waals surface area contributed by atoms with Crippen molar-refractivity contribution >= 4 is 21.8 Å². The van der Waals surface area contributed by atoms with E-state index in [0.29, 0.717) is 32.4 Å². The van der Waals surface area contributed by atoms with Gasteiger partial charge in [0.1, 0.15) is 0 Å². The van der Waals surface area contributed by atoms with Gasteiger partial charge in [-0.25, -0.2) is 17.5 Å². The Kier molecular flexibility index (Phi) is 9.73. The Hall–Kier alpha value is -2.20. The number of nitrogens with zero attached hydrogens (tertiary/aromatic N) is 2. The van der Waals surface area contributed by atoms with Crippen molar-refractivity contribution in [1.82, 2.24) is 9.62 Å². The van der Waals surface area contributed by atoms with Gasteiger partial charge >= 0.3 is 6.09 Å². The van der Waals surface area contributed by atoms with Gasteiger partial charge in [-0.2, -0.15) is 0 Å². The lowest BCUT2D eigenvalue weighted by Gasteiger charge is -2.17. The summed E-state index contributed by atoms with van der Waals surface area (Å²) in [5, 5.41) is 13.7. The second kappa shape index (κ2) is 11.5. The van der Waals surface area contributed by atoms with Gasteiger partial charge in [-0.1, -0.05) is 31.9 Å². The van der Waals surface area contributed by atoms with Crippen molar-refractivity contribution < 1.29 is 22.9 Å². The summed E-state index contributed by atoms with van der Waals surface area (Å²) < 4.78 is 31.2. The minimum atomic E-state index is -3.93. The van der Waals surface area contributed by atoms with E-state index in [9.17, 15) is 23.3 Å². The number of nitrogens with one attached hydrogen (secondary N) is 1. The monoisotopic (exact) mass is 401 g/mol. The third kappa shape index (κ3) is 7.51. The number of para-hydroxylation sites is 1. The summed E-state index contributed by atoms with van der Waals surface area (Å²) in [5.41, 5.74) is -0.435. The first-order valence-electron chi connectivity index (χ1n) is 8.91. The summed E-state index contributed by atoms with van der Waals surface area (Å²) >= 11 is 0. The molecule has 0 bridgehead atoms.